The Bertz CT molecular complexity index is 180. The Labute approximate surface area is 88.4 Å². The van der Waals surface area contributed by atoms with E-state index in [0.29, 0.717) is 0 Å². The molecule has 2 unspecified atom stereocenters. The van der Waals surface area contributed by atoms with Gasteiger partial charge < -0.3 is 9.55 Å². The van der Waals surface area contributed by atoms with Crippen molar-refractivity contribution in [3.8, 4) is 0 Å². The summed E-state index contributed by atoms with van der Waals surface area (Å²) in [6, 6.07) is 0. The van der Waals surface area contributed by atoms with Crippen LogP contribution in [0.15, 0.2) is 0 Å². The number of methoxy groups -OCH3 is 1. The van der Waals surface area contributed by atoms with E-state index in [-0.39, 0.29) is 0 Å². The molecular weight excluding hydrogens is 173 g/mol. The zero-order valence-corrected chi connectivity index (χ0v) is 9.54. The van der Waals surface area contributed by atoms with Crippen molar-refractivity contribution < 1.29 is 4.74 Å². The monoisotopic (exact) mass is 195 g/mol. The second-order valence-corrected chi connectivity index (χ2v) is 5.19. The quantitative estimate of drug-likeness (QED) is 0.618. The van der Waals surface area contributed by atoms with E-state index in [2.05, 4.69) is 12.8 Å². The maximum Gasteiger partial charge on any atom is 0.185 e. The van der Waals surface area contributed by atoms with E-state index in [1.165, 1.54) is 38.8 Å². The van der Waals surface area contributed by atoms with E-state index in [9.17, 15) is 0 Å². The van der Waals surface area contributed by atoms with Gasteiger partial charge in [0.2, 0.25) is 0 Å². The minimum Gasteiger partial charge on any atom is -0.384 e. The third-order valence-electron chi connectivity index (χ3n) is 3.92. The van der Waals surface area contributed by atoms with Crippen LogP contribution in [-0.2, 0) is 4.74 Å². The largest absolute Gasteiger partial charge is 0.384 e. The van der Waals surface area contributed by atoms with Gasteiger partial charge in [-0.15, -0.1) is 0 Å². The fourth-order valence-electron chi connectivity index (χ4n) is 2.74. The molecule has 1 aliphatic heterocycles. The Morgan fingerprint density at radius 3 is 2.64 bits per heavy atom. The molecule has 1 aliphatic carbocycles. The Morgan fingerprint density at radius 2 is 2.00 bits per heavy atom. The van der Waals surface area contributed by atoms with E-state index < -0.39 is 0 Å². The molecule has 2 rings (SSSR count). The summed E-state index contributed by atoms with van der Waals surface area (Å²) in [7, 11) is 4.06. The van der Waals surface area contributed by atoms with Crippen LogP contribution in [0.2, 0.25) is 0 Å². The molecule has 2 nitrogen and oxygen atoms in total. The molecule has 0 bridgehead atoms. The standard InChI is InChI=1S/C11H22BNO/c1-14-8-11-7-10(11)6-9-2-4-13(12)5-3-9/h9-11H,2-8,12H2,1H3. The average Bonchev–Trinajstić information content (AvgIpc) is 2.89. The van der Waals surface area contributed by atoms with Crippen LogP contribution in [-0.4, -0.2) is 39.6 Å². The lowest BCUT2D eigenvalue weighted by Crippen LogP contribution is -2.31. The van der Waals surface area contributed by atoms with Gasteiger partial charge in [-0.05, 0) is 56.5 Å². The molecule has 1 heterocycles. The van der Waals surface area contributed by atoms with Crippen molar-refractivity contribution in [1.29, 1.82) is 0 Å². The molecule has 0 amide bonds. The van der Waals surface area contributed by atoms with Crippen LogP contribution < -0.4 is 0 Å². The maximum absolute atomic E-state index is 5.19. The van der Waals surface area contributed by atoms with Gasteiger partial charge in [0.05, 0.1) is 0 Å². The lowest BCUT2D eigenvalue weighted by Gasteiger charge is -2.29. The Kier molecular flexibility index (Phi) is 3.50. The first-order valence-electron chi connectivity index (χ1n) is 5.97. The van der Waals surface area contributed by atoms with Crippen molar-refractivity contribution in [3.63, 3.8) is 0 Å². The fourth-order valence-corrected chi connectivity index (χ4v) is 2.74. The minimum atomic E-state index is 0.902. The minimum absolute atomic E-state index is 0.902. The van der Waals surface area contributed by atoms with Gasteiger partial charge in [0.1, 0.15) is 0 Å². The molecule has 2 aliphatic rings. The molecule has 0 N–H and O–H groups in total. The van der Waals surface area contributed by atoms with Crippen molar-refractivity contribution >= 4 is 7.98 Å². The highest BCUT2D eigenvalue weighted by molar-refractivity contribution is 6.04. The van der Waals surface area contributed by atoms with E-state index in [1.54, 1.807) is 0 Å². The van der Waals surface area contributed by atoms with Gasteiger partial charge in [-0.25, -0.2) is 0 Å². The predicted octanol–water partition coefficient (Wildman–Crippen LogP) is 0.919. The van der Waals surface area contributed by atoms with Gasteiger partial charge in [-0.1, -0.05) is 0 Å². The highest BCUT2D eigenvalue weighted by atomic mass is 16.5. The third kappa shape index (κ3) is 2.74. The van der Waals surface area contributed by atoms with E-state index >= 15 is 0 Å². The second kappa shape index (κ2) is 4.67. The van der Waals surface area contributed by atoms with Gasteiger partial charge in [-0.3, -0.25) is 0 Å². The van der Waals surface area contributed by atoms with Gasteiger partial charge >= 0.3 is 0 Å². The fraction of sp³-hybridized carbons (Fsp3) is 1.00. The van der Waals surface area contributed by atoms with E-state index in [1.807, 2.05) is 7.11 Å². The van der Waals surface area contributed by atoms with Crippen molar-refractivity contribution in [3.05, 3.63) is 0 Å². The highest BCUT2D eigenvalue weighted by Crippen LogP contribution is 2.44. The summed E-state index contributed by atoms with van der Waals surface area (Å²) >= 11 is 0. The number of ether oxygens (including phenoxy) is 1. The normalized spacial score (nSPS) is 34.6. The Hall–Kier alpha value is -0.0151. The predicted molar refractivity (Wildman–Crippen MR) is 60.9 cm³/mol. The first-order valence-corrected chi connectivity index (χ1v) is 5.97. The number of rotatable bonds is 4. The molecule has 0 spiro atoms. The molecule has 2 fully saturated rings. The molecular formula is C11H22BNO. The number of hydrogen-bond acceptors (Lipinski definition) is 2. The zero-order valence-electron chi connectivity index (χ0n) is 9.54. The molecule has 0 aromatic carbocycles. The molecule has 0 aromatic rings. The van der Waals surface area contributed by atoms with Crippen LogP contribution in [0.5, 0.6) is 0 Å². The van der Waals surface area contributed by atoms with Gasteiger partial charge in [0, 0.05) is 13.7 Å². The summed E-state index contributed by atoms with van der Waals surface area (Å²) in [5.74, 6) is 2.92. The van der Waals surface area contributed by atoms with Crippen LogP contribution >= 0.6 is 0 Å². The number of hydrogen-bond donors (Lipinski definition) is 0. The summed E-state index contributed by atoms with van der Waals surface area (Å²) in [5.41, 5.74) is 0. The number of nitrogens with zero attached hydrogens (tertiary/aromatic N) is 1. The van der Waals surface area contributed by atoms with Gasteiger partial charge in [-0.2, -0.15) is 0 Å². The average molecular weight is 195 g/mol. The van der Waals surface area contributed by atoms with Crippen molar-refractivity contribution in [2.45, 2.75) is 25.7 Å². The highest BCUT2D eigenvalue weighted by Gasteiger charge is 2.38. The summed E-state index contributed by atoms with van der Waals surface area (Å²) in [6.45, 7) is 3.62. The molecule has 14 heavy (non-hydrogen) atoms. The van der Waals surface area contributed by atoms with Crippen molar-refractivity contribution in [2.75, 3.05) is 26.8 Å². The summed E-state index contributed by atoms with van der Waals surface area (Å²) in [4.78, 5) is 2.45. The Morgan fingerprint density at radius 1 is 1.29 bits per heavy atom. The van der Waals surface area contributed by atoms with Crippen LogP contribution in [0, 0.1) is 17.8 Å². The lowest BCUT2D eigenvalue weighted by atomic mass is 9.90. The maximum atomic E-state index is 5.19. The van der Waals surface area contributed by atoms with Gasteiger partial charge in [0.25, 0.3) is 0 Å². The summed E-state index contributed by atoms with van der Waals surface area (Å²) in [5, 5.41) is 0. The first kappa shape index (κ1) is 10.5. The van der Waals surface area contributed by atoms with Crippen LogP contribution in [0.25, 0.3) is 0 Å². The SMILES string of the molecule is BN1CCC(CC2CC2COC)CC1. The molecule has 3 heteroatoms. The first-order chi connectivity index (χ1) is 6.79. The smallest absolute Gasteiger partial charge is 0.185 e. The third-order valence-corrected chi connectivity index (χ3v) is 3.92. The second-order valence-electron chi connectivity index (χ2n) is 5.19. The molecule has 1 saturated heterocycles. The molecule has 0 radical (unpaired) electrons. The Balaban J connectivity index is 1.62. The van der Waals surface area contributed by atoms with Crippen LogP contribution in [0.1, 0.15) is 25.7 Å². The molecule has 2 atom stereocenters. The van der Waals surface area contributed by atoms with Crippen molar-refractivity contribution in [2.24, 2.45) is 17.8 Å². The van der Waals surface area contributed by atoms with E-state index in [4.69, 9.17) is 4.74 Å². The molecule has 0 aromatic heterocycles. The van der Waals surface area contributed by atoms with Crippen LogP contribution in [0.4, 0.5) is 0 Å². The van der Waals surface area contributed by atoms with E-state index in [0.717, 1.165) is 24.4 Å². The van der Waals surface area contributed by atoms with Crippen LogP contribution in [0.3, 0.4) is 0 Å². The zero-order chi connectivity index (χ0) is 9.97. The van der Waals surface area contributed by atoms with Gasteiger partial charge in [0.15, 0.2) is 7.98 Å². The molecule has 1 saturated carbocycles. The summed E-state index contributed by atoms with van der Waals surface area (Å²) in [6.07, 6.45) is 5.75. The van der Waals surface area contributed by atoms with Crippen molar-refractivity contribution in [1.82, 2.24) is 4.81 Å². The summed E-state index contributed by atoms with van der Waals surface area (Å²) < 4.78 is 5.19. The lowest BCUT2D eigenvalue weighted by molar-refractivity contribution is 0.176. The number of piperidine rings is 1. The molecule has 80 valence electrons. The topological polar surface area (TPSA) is 12.5 Å².